The molecule has 0 unspecified atom stereocenters. The summed E-state index contributed by atoms with van der Waals surface area (Å²) in [7, 11) is -4.67. The van der Waals surface area contributed by atoms with Crippen LogP contribution < -0.4 is 0 Å². The highest BCUT2D eigenvalue weighted by atomic mass is 32.3. The summed E-state index contributed by atoms with van der Waals surface area (Å²) in [6.07, 6.45) is 22.2. The van der Waals surface area contributed by atoms with Crippen molar-refractivity contribution in [3.63, 3.8) is 0 Å². The first kappa shape index (κ1) is 26.1. The van der Waals surface area contributed by atoms with Crippen molar-refractivity contribution in [3.05, 3.63) is 0 Å². The molecule has 0 saturated carbocycles. The van der Waals surface area contributed by atoms with Crippen LogP contribution in [0.3, 0.4) is 0 Å². The average Bonchev–Trinajstić information content (AvgIpc) is 2.49. The fraction of sp³-hybridized carbons (Fsp3) is 1.00. The van der Waals surface area contributed by atoms with Crippen molar-refractivity contribution in [2.24, 2.45) is 0 Å². The molecule has 0 aliphatic heterocycles. The minimum atomic E-state index is -4.67. The van der Waals surface area contributed by atoms with Crippen LogP contribution in [0, 0.1) is 0 Å². The summed E-state index contributed by atoms with van der Waals surface area (Å²) >= 11 is 0. The van der Waals surface area contributed by atoms with Gasteiger partial charge in [0.2, 0.25) is 0 Å². The molecule has 0 atom stereocenters. The first-order valence-electron chi connectivity index (χ1n) is 9.72. The van der Waals surface area contributed by atoms with Gasteiger partial charge in [-0.05, 0) is 6.42 Å². The van der Waals surface area contributed by atoms with Crippen LogP contribution in [-0.4, -0.2) is 29.2 Å². The van der Waals surface area contributed by atoms with Crippen molar-refractivity contribution in [2.45, 2.75) is 110 Å². The summed E-state index contributed by atoms with van der Waals surface area (Å²) in [5.74, 6) is 0. The van der Waals surface area contributed by atoms with Gasteiger partial charge in [0, 0.05) is 6.61 Å². The predicted molar refractivity (Wildman–Crippen MR) is 101 cm³/mol. The van der Waals surface area contributed by atoms with Gasteiger partial charge in [0.1, 0.15) is 0 Å². The van der Waals surface area contributed by atoms with Crippen molar-refractivity contribution in [3.8, 4) is 0 Å². The molecule has 24 heavy (non-hydrogen) atoms. The lowest BCUT2D eigenvalue weighted by atomic mass is 10.0. The van der Waals surface area contributed by atoms with Gasteiger partial charge in [-0.1, -0.05) is 103 Å². The molecule has 0 spiro atoms. The average molecular weight is 369 g/mol. The molecule has 6 heteroatoms. The molecule has 0 aliphatic carbocycles. The van der Waals surface area contributed by atoms with Crippen molar-refractivity contribution < 1.29 is 22.6 Å². The maximum atomic E-state index is 8.74. The minimum Gasteiger partial charge on any atom is -0.396 e. The van der Waals surface area contributed by atoms with E-state index >= 15 is 0 Å². The van der Waals surface area contributed by atoms with Gasteiger partial charge < -0.3 is 5.11 Å². The molecule has 5 nitrogen and oxygen atoms in total. The topological polar surface area (TPSA) is 94.8 Å². The lowest BCUT2D eigenvalue weighted by Gasteiger charge is -2.03. The number of rotatable bonds is 16. The molecule has 0 aromatic heterocycles. The molecule has 0 aliphatic rings. The maximum absolute atomic E-state index is 8.74. The summed E-state index contributed by atoms with van der Waals surface area (Å²) in [6.45, 7) is 2.66. The number of unbranched alkanes of at least 4 members (excludes halogenated alkanes) is 15. The predicted octanol–water partition coefficient (Wildman–Crippen LogP) is 5.59. The third kappa shape index (κ3) is 37.8. The normalized spacial score (nSPS) is 11.2. The third-order valence-corrected chi connectivity index (χ3v) is 4.01. The Morgan fingerprint density at radius 3 is 0.958 bits per heavy atom. The Bertz CT molecular complexity index is 293. The zero-order valence-corrected chi connectivity index (χ0v) is 16.4. The largest absolute Gasteiger partial charge is 0.396 e. The summed E-state index contributed by atoms with van der Waals surface area (Å²) in [4.78, 5) is 0. The van der Waals surface area contributed by atoms with E-state index < -0.39 is 10.4 Å². The van der Waals surface area contributed by atoms with E-state index in [-0.39, 0.29) is 0 Å². The van der Waals surface area contributed by atoms with Crippen molar-refractivity contribution >= 4 is 10.4 Å². The Kier molecular flexibility index (Phi) is 22.7. The Hall–Kier alpha value is -0.170. The van der Waals surface area contributed by atoms with Gasteiger partial charge in [-0.25, -0.2) is 0 Å². The van der Waals surface area contributed by atoms with E-state index in [2.05, 4.69) is 6.92 Å². The van der Waals surface area contributed by atoms with Gasteiger partial charge >= 0.3 is 10.4 Å². The second kappa shape index (κ2) is 20.9. The van der Waals surface area contributed by atoms with Crippen LogP contribution in [0.1, 0.15) is 110 Å². The molecule has 0 heterocycles. The second-order valence-electron chi connectivity index (χ2n) is 6.47. The fourth-order valence-corrected chi connectivity index (χ4v) is 2.66. The van der Waals surface area contributed by atoms with Gasteiger partial charge in [0.25, 0.3) is 0 Å². The maximum Gasteiger partial charge on any atom is 0.394 e. The molecule has 0 amide bonds. The minimum absolute atomic E-state index is 0.373. The van der Waals surface area contributed by atoms with Crippen LogP contribution in [0.5, 0.6) is 0 Å². The molecule has 0 fully saturated rings. The smallest absolute Gasteiger partial charge is 0.394 e. The highest BCUT2D eigenvalue weighted by Gasteiger charge is 1.94. The summed E-state index contributed by atoms with van der Waals surface area (Å²) in [5, 5.41) is 8.67. The summed E-state index contributed by atoms with van der Waals surface area (Å²) in [6, 6.07) is 0. The summed E-state index contributed by atoms with van der Waals surface area (Å²) < 4.78 is 31.6. The number of aliphatic hydroxyl groups excluding tert-OH is 1. The molecular formula is C18H40O5S. The number of hydrogen-bond acceptors (Lipinski definition) is 3. The molecule has 0 aromatic carbocycles. The van der Waals surface area contributed by atoms with Crippen molar-refractivity contribution in [2.75, 3.05) is 6.61 Å². The zero-order valence-electron chi connectivity index (χ0n) is 15.6. The van der Waals surface area contributed by atoms with Crippen LogP contribution >= 0.6 is 0 Å². The monoisotopic (exact) mass is 368 g/mol. The Morgan fingerprint density at radius 2 is 0.750 bits per heavy atom. The van der Waals surface area contributed by atoms with Gasteiger partial charge in [-0.3, -0.25) is 9.11 Å². The standard InChI is InChI=1S/C18H38O.H2O4S/c1-2-3-4-5-6-7-8-9-10-11-12-13-14-15-16-17-18-19;1-5(2,3)4/h19H,2-18H2,1H3;(H2,1,2,3,4). The molecule has 0 radical (unpaired) electrons. The molecule has 0 saturated heterocycles. The Labute approximate surface area is 149 Å². The van der Waals surface area contributed by atoms with E-state index in [0.29, 0.717) is 6.61 Å². The number of aliphatic hydroxyl groups is 1. The van der Waals surface area contributed by atoms with Crippen LogP contribution in [0.15, 0.2) is 0 Å². The molecule has 0 aromatic rings. The molecule has 0 bridgehead atoms. The van der Waals surface area contributed by atoms with E-state index in [9.17, 15) is 0 Å². The van der Waals surface area contributed by atoms with E-state index in [1.807, 2.05) is 0 Å². The SMILES string of the molecule is CCCCCCCCCCCCCCCCCCO.O=S(=O)(O)O. The summed E-state index contributed by atoms with van der Waals surface area (Å²) in [5.41, 5.74) is 0. The van der Waals surface area contributed by atoms with Crippen LogP contribution in [0.25, 0.3) is 0 Å². The van der Waals surface area contributed by atoms with Gasteiger partial charge in [0.05, 0.1) is 0 Å². The van der Waals surface area contributed by atoms with Crippen LogP contribution in [0.2, 0.25) is 0 Å². The first-order valence-corrected chi connectivity index (χ1v) is 11.1. The lowest BCUT2D eigenvalue weighted by Crippen LogP contribution is -1.89. The van der Waals surface area contributed by atoms with E-state index in [1.165, 1.54) is 96.3 Å². The molecule has 3 N–H and O–H groups in total. The third-order valence-electron chi connectivity index (χ3n) is 4.01. The van der Waals surface area contributed by atoms with Gasteiger partial charge in [-0.2, -0.15) is 8.42 Å². The first-order chi connectivity index (χ1) is 11.4. The van der Waals surface area contributed by atoms with Gasteiger partial charge in [-0.15, -0.1) is 0 Å². The second-order valence-corrected chi connectivity index (χ2v) is 7.37. The highest BCUT2D eigenvalue weighted by Crippen LogP contribution is 2.13. The van der Waals surface area contributed by atoms with Crippen LogP contribution in [-0.2, 0) is 10.4 Å². The van der Waals surface area contributed by atoms with E-state index in [0.717, 1.165) is 6.42 Å². The molecule has 0 rings (SSSR count). The van der Waals surface area contributed by atoms with Crippen LogP contribution in [0.4, 0.5) is 0 Å². The van der Waals surface area contributed by atoms with Gasteiger partial charge in [0.15, 0.2) is 0 Å². The lowest BCUT2D eigenvalue weighted by molar-refractivity contribution is 0.282. The van der Waals surface area contributed by atoms with E-state index in [4.69, 9.17) is 22.6 Å². The van der Waals surface area contributed by atoms with E-state index in [1.54, 1.807) is 0 Å². The molecular weight excluding hydrogens is 328 g/mol. The molecule has 148 valence electrons. The fourth-order valence-electron chi connectivity index (χ4n) is 2.66. The zero-order chi connectivity index (χ0) is 18.5. The number of hydrogen-bond donors (Lipinski definition) is 3. The Morgan fingerprint density at radius 1 is 0.542 bits per heavy atom. The van der Waals surface area contributed by atoms with Crippen molar-refractivity contribution in [1.29, 1.82) is 0 Å². The highest BCUT2D eigenvalue weighted by molar-refractivity contribution is 7.79. The van der Waals surface area contributed by atoms with Crippen molar-refractivity contribution in [1.82, 2.24) is 0 Å². The Balaban J connectivity index is 0. The quantitative estimate of drug-likeness (QED) is 0.244.